The average molecular weight is 376 g/mol. The van der Waals surface area contributed by atoms with E-state index in [1.807, 2.05) is 24.3 Å². The van der Waals surface area contributed by atoms with Gasteiger partial charge in [-0.25, -0.2) is 0 Å². The highest BCUT2D eigenvalue weighted by Crippen LogP contribution is 2.30. The van der Waals surface area contributed by atoms with Gasteiger partial charge >= 0.3 is 5.97 Å². The summed E-state index contributed by atoms with van der Waals surface area (Å²) >= 11 is 1.37. The number of methoxy groups -OCH3 is 1. The standard InChI is InChI=1S/C19H24N2O4S/c1-25-15-6-5-14-11-17(26-16(14)12-15)19(24)21(13-18(22)23)10-9-20-7-3-2-4-8-20/h5-6,11-12H,2-4,7-10,13H2,1H3,(H,22,23). The number of carboxylic acids is 1. The lowest BCUT2D eigenvalue weighted by molar-refractivity contribution is -0.137. The van der Waals surface area contributed by atoms with Crippen LogP contribution >= 0.6 is 11.3 Å². The number of rotatable bonds is 7. The number of aliphatic carboxylic acids is 1. The monoisotopic (exact) mass is 376 g/mol. The van der Waals surface area contributed by atoms with Crippen molar-refractivity contribution in [3.05, 3.63) is 29.1 Å². The van der Waals surface area contributed by atoms with E-state index in [4.69, 9.17) is 4.74 Å². The van der Waals surface area contributed by atoms with Gasteiger partial charge in [-0.1, -0.05) is 6.42 Å². The smallest absolute Gasteiger partial charge is 0.323 e. The lowest BCUT2D eigenvalue weighted by Gasteiger charge is -2.29. The molecule has 140 valence electrons. The Bertz CT molecular complexity index is 783. The van der Waals surface area contributed by atoms with Crippen molar-refractivity contribution in [1.29, 1.82) is 0 Å². The van der Waals surface area contributed by atoms with E-state index in [2.05, 4.69) is 4.90 Å². The molecule has 1 aliphatic rings. The maximum atomic E-state index is 12.9. The molecule has 1 fully saturated rings. The van der Waals surface area contributed by atoms with Crippen LogP contribution in [0.15, 0.2) is 24.3 Å². The molecular formula is C19H24N2O4S. The number of amides is 1. The molecule has 1 amide bonds. The van der Waals surface area contributed by atoms with Crippen LogP contribution in [0.1, 0.15) is 28.9 Å². The predicted octanol–water partition coefficient (Wildman–Crippen LogP) is 2.92. The number of nitrogens with zero attached hydrogens (tertiary/aromatic N) is 2. The highest BCUT2D eigenvalue weighted by atomic mass is 32.1. The summed E-state index contributed by atoms with van der Waals surface area (Å²) in [7, 11) is 1.61. The Morgan fingerprint density at radius 3 is 2.69 bits per heavy atom. The molecule has 2 heterocycles. The van der Waals surface area contributed by atoms with E-state index < -0.39 is 5.97 Å². The lowest BCUT2D eigenvalue weighted by atomic mass is 10.1. The summed E-state index contributed by atoms with van der Waals surface area (Å²) in [4.78, 5) is 28.4. The van der Waals surface area contributed by atoms with Crippen LogP contribution in [0.25, 0.3) is 10.1 Å². The van der Waals surface area contributed by atoms with Crippen LogP contribution in [0, 0.1) is 0 Å². The van der Waals surface area contributed by atoms with Crippen molar-refractivity contribution < 1.29 is 19.4 Å². The Hall–Kier alpha value is -2.12. The van der Waals surface area contributed by atoms with Crippen molar-refractivity contribution >= 4 is 33.3 Å². The number of hydrogen-bond donors (Lipinski definition) is 1. The van der Waals surface area contributed by atoms with Crippen molar-refractivity contribution in [3.8, 4) is 5.75 Å². The van der Waals surface area contributed by atoms with E-state index in [0.29, 0.717) is 11.4 Å². The SMILES string of the molecule is COc1ccc2cc(C(=O)N(CCN3CCCCC3)CC(=O)O)sc2c1. The van der Waals surface area contributed by atoms with Gasteiger partial charge in [-0.15, -0.1) is 11.3 Å². The minimum atomic E-state index is -0.986. The van der Waals surface area contributed by atoms with Crippen LogP contribution in [0.4, 0.5) is 0 Å². The summed E-state index contributed by atoms with van der Waals surface area (Å²) in [6.07, 6.45) is 3.59. The minimum absolute atomic E-state index is 0.218. The van der Waals surface area contributed by atoms with Gasteiger partial charge in [-0.05, 0) is 55.6 Å². The molecule has 26 heavy (non-hydrogen) atoms. The number of ether oxygens (including phenoxy) is 1. The van der Waals surface area contributed by atoms with E-state index in [9.17, 15) is 14.7 Å². The molecule has 1 saturated heterocycles. The summed E-state index contributed by atoms with van der Waals surface area (Å²) in [5.74, 6) is -0.463. The molecule has 0 spiro atoms. The van der Waals surface area contributed by atoms with Gasteiger partial charge in [0.2, 0.25) is 0 Å². The highest BCUT2D eigenvalue weighted by Gasteiger charge is 2.22. The van der Waals surface area contributed by atoms with Gasteiger partial charge < -0.3 is 19.6 Å². The van der Waals surface area contributed by atoms with Crippen LogP contribution in [0.3, 0.4) is 0 Å². The maximum absolute atomic E-state index is 12.9. The van der Waals surface area contributed by atoms with Gasteiger partial charge in [0.05, 0.1) is 12.0 Å². The van der Waals surface area contributed by atoms with E-state index in [1.165, 1.54) is 35.5 Å². The molecule has 3 rings (SSSR count). The van der Waals surface area contributed by atoms with Gasteiger partial charge in [0.15, 0.2) is 0 Å². The van der Waals surface area contributed by atoms with Crippen molar-refractivity contribution in [3.63, 3.8) is 0 Å². The van der Waals surface area contributed by atoms with Crippen LogP contribution in [-0.2, 0) is 4.79 Å². The number of carbonyl (C=O) groups is 2. The second-order valence-corrected chi connectivity index (χ2v) is 7.62. The quantitative estimate of drug-likeness (QED) is 0.805. The molecule has 1 aliphatic heterocycles. The minimum Gasteiger partial charge on any atom is -0.497 e. The Morgan fingerprint density at radius 2 is 2.00 bits per heavy atom. The second-order valence-electron chi connectivity index (χ2n) is 6.54. The first-order chi connectivity index (χ1) is 12.6. The number of thiophene rings is 1. The molecule has 0 atom stereocenters. The number of benzene rings is 1. The third-order valence-electron chi connectivity index (χ3n) is 4.69. The van der Waals surface area contributed by atoms with Crippen molar-refractivity contribution in [1.82, 2.24) is 9.80 Å². The van der Waals surface area contributed by atoms with Crippen LogP contribution < -0.4 is 4.74 Å². The number of likely N-dealkylation sites (tertiary alicyclic amines) is 1. The first-order valence-corrected chi connectivity index (χ1v) is 9.69. The van der Waals surface area contributed by atoms with Crippen LogP contribution in [0.2, 0.25) is 0 Å². The largest absolute Gasteiger partial charge is 0.497 e. The summed E-state index contributed by atoms with van der Waals surface area (Å²) < 4.78 is 6.18. The highest BCUT2D eigenvalue weighted by molar-refractivity contribution is 7.20. The van der Waals surface area contributed by atoms with Crippen LogP contribution in [-0.4, -0.2) is 66.6 Å². The van der Waals surface area contributed by atoms with Gasteiger partial charge in [-0.3, -0.25) is 9.59 Å². The summed E-state index contributed by atoms with van der Waals surface area (Å²) in [6, 6.07) is 7.50. The predicted molar refractivity (Wildman–Crippen MR) is 102 cm³/mol. The second kappa shape index (κ2) is 8.51. The Labute approximate surface area is 157 Å². The zero-order valence-corrected chi connectivity index (χ0v) is 15.8. The van der Waals surface area contributed by atoms with Crippen molar-refractivity contribution in [2.75, 3.05) is 39.8 Å². The average Bonchev–Trinajstić information content (AvgIpc) is 3.08. The zero-order valence-electron chi connectivity index (χ0n) is 14.9. The Kier molecular flexibility index (Phi) is 6.11. The number of hydrogen-bond acceptors (Lipinski definition) is 5. The van der Waals surface area contributed by atoms with Crippen molar-refractivity contribution in [2.45, 2.75) is 19.3 Å². The van der Waals surface area contributed by atoms with Gasteiger partial charge in [0, 0.05) is 17.8 Å². The van der Waals surface area contributed by atoms with E-state index in [-0.39, 0.29) is 12.5 Å². The fraction of sp³-hybridized carbons (Fsp3) is 0.474. The molecule has 1 aromatic heterocycles. The molecule has 2 aromatic rings. The third kappa shape index (κ3) is 4.53. The molecule has 0 radical (unpaired) electrons. The number of carboxylic acid groups (broad SMARTS) is 1. The van der Waals surface area contributed by atoms with Gasteiger partial charge in [0.1, 0.15) is 12.3 Å². The Balaban J connectivity index is 1.74. The molecule has 7 heteroatoms. The summed E-state index contributed by atoms with van der Waals surface area (Å²) in [6.45, 7) is 2.93. The topological polar surface area (TPSA) is 70.1 Å². The first-order valence-electron chi connectivity index (χ1n) is 8.88. The molecule has 6 nitrogen and oxygen atoms in total. The molecule has 1 N–H and O–H groups in total. The number of carbonyl (C=O) groups excluding carboxylic acids is 1. The van der Waals surface area contributed by atoms with Crippen LogP contribution in [0.5, 0.6) is 5.75 Å². The maximum Gasteiger partial charge on any atom is 0.323 e. The zero-order chi connectivity index (χ0) is 18.5. The first kappa shape index (κ1) is 18.7. The lowest BCUT2D eigenvalue weighted by Crippen LogP contribution is -2.42. The fourth-order valence-corrected chi connectivity index (χ4v) is 4.32. The molecular weight excluding hydrogens is 352 g/mol. The summed E-state index contributed by atoms with van der Waals surface area (Å²) in [5.41, 5.74) is 0. The number of fused-ring (bicyclic) bond motifs is 1. The Morgan fingerprint density at radius 1 is 1.23 bits per heavy atom. The fourth-order valence-electron chi connectivity index (χ4n) is 3.26. The van der Waals surface area contributed by atoms with Crippen molar-refractivity contribution in [2.24, 2.45) is 0 Å². The number of piperidine rings is 1. The molecule has 1 aromatic carbocycles. The van der Waals surface area contributed by atoms with E-state index in [1.54, 1.807) is 7.11 Å². The molecule has 0 unspecified atom stereocenters. The third-order valence-corrected chi connectivity index (χ3v) is 5.77. The van der Waals surface area contributed by atoms with Gasteiger partial charge in [-0.2, -0.15) is 0 Å². The van der Waals surface area contributed by atoms with E-state index >= 15 is 0 Å². The summed E-state index contributed by atoms with van der Waals surface area (Å²) in [5, 5.41) is 10.2. The van der Waals surface area contributed by atoms with E-state index in [0.717, 1.165) is 35.5 Å². The normalized spacial score (nSPS) is 15.1. The van der Waals surface area contributed by atoms with Gasteiger partial charge in [0.25, 0.3) is 5.91 Å². The molecule has 0 bridgehead atoms. The molecule has 0 aliphatic carbocycles. The molecule has 0 saturated carbocycles.